The SMILES string of the molecule is C#CCCN(C)[C@@H]1CC(O)O[C@H](C)C1. The first-order valence-electron chi connectivity index (χ1n) is 5.10. The predicted molar refractivity (Wildman–Crippen MR) is 55.7 cm³/mol. The Kier molecular flexibility index (Phi) is 4.40. The Morgan fingerprint density at radius 3 is 2.86 bits per heavy atom. The first kappa shape index (κ1) is 11.5. The van der Waals surface area contributed by atoms with E-state index in [1.54, 1.807) is 0 Å². The summed E-state index contributed by atoms with van der Waals surface area (Å²) in [4.78, 5) is 2.21. The van der Waals surface area contributed by atoms with Gasteiger partial charge in [-0.05, 0) is 20.4 Å². The van der Waals surface area contributed by atoms with Crippen molar-refractivity contribution in [3.8, 4) is 12.3 Å². The van der Waals surface area contributed by atoms with Crippen molar-refractivity contribution >= 4 is 0 Å². The molecule has 3 atom stereocenters. The minimum atomic E-state index is -0.614. The third kappa shape index (κ3) is 3.30. The molecule has 0 radical (unpaired) electrons. The molecule has 80 valence electrons. The van der Waals surface area contributed by atoms with Gasteiger partial charge in [0.1, 0.15) is 0 Å². The van der Waals surface area contributed by atoms with Gasteiger partial charge in [0.25, 0.3) is 0 Å². The molecule has 0 aromatic heterocycles. The van der Waals surface area contributed by atoms with Crippen molar-refractivity contribution in [1.29, 1.82) is 0 Å². The van der Waals surface area contributed by atoms with Gasteiger partial charge in [-0.3, -0.25) is 0 Å². The van der Waals surface area contributed by atoms with Crippen molar-refractivity contribution in [1.82, 2.24) is 4.90 Å². The zero-order valence-corrected chi connectivity index (χ0v) is 8.94. The highest BCUT2D eigenvalue weighted by Crippen LogP contribution is 2.21. The maximum Gasteiger partial charge on any atom is 0.156 e. The average molecular weight is 197 g/mol. The first-order chi connectivity index (χ1) is 6.63. The quantitative estimate of drug-likeness (QED) is 0.680. The van der Waals surface area contributed by atoms with Crippen LogP contribution in [0.1, 0.15) is 26.2 Å². The molecule has 3 heteroatoms. The van der Waals surface area contributed by atoms with E-state index in [-0.39, 0.29) is 6.10 Å². The van der Waals surface area contributed by atoms with Gasteiger partial charge in [0.2, 0.25) is 0 Å². The van der Waals surface area contributed by atoms with Gasteiger partial charge in [-0.25, -0.2) is 0 Å². The van der Waals surface area contributed by atoms with Crippen molar-refractivity contribution in [2.75, 3.05) is 13.6 Å². The largest absolute Gasteiger partial charge is 0.368 e. The second-order valence-corrected chi connectivity index (χ2v) is 3.96. The molecule has 0 amide bonds. The molecular formula is C11H19NO2. The van der Waals surface area contributed by atoms with E-state index in [0.717, 1.165) is 19.4 Å². The van der Waals surface area contributed by atoms with Gasteiger partial charge in [0, 0.05) is 25.4 Å². The van der Waals surface area contributed by atoms with Gasteiger partial charge in [0.05, 0.1) is 6.10 Å². The summed E-state index contributed by atoms with van der Waals surface area (Å²) in [6, 6.07) is 0.391. The highest BCUT2D eigenvalue weighted by atomic mass is 16.6. The summed E-state index contributed by atoms with van der Waals surface area (Å²) in [5, 5.41) is 9.44. The van der Waals surface area contributed by atoms with Crippen LogP contribution in [0.2, 0.25) is 0 Å². The average Bonchev–Trinajstić information content (AvgIpc) is 2.12. The highest BCUT2D eigenvalue weighted by Gasteiger charge is 2.27. The molecule has 0 aliphatic carbocycles. The van der Waals surface area contributed by atoms with E-state index in [1.807, 2.05) is 14.0 Å². The Balaban J connectivity index is 2.39. The zero-order valence-electron chi connectivity index (χ0n) is 8.94. The van der Waals surface area contributed by atoms with Gasteiger partial charge in [-0.2, -0.15) is 0 Å². The highest BCUT2D eigenvalue weighted by molar-refractivity contribution is 4.86. The molecule has 1 aliphatic heterocycles. The Hall–Kier alpha value is -0.560. The van der Waals surface area contributed by atoms with Gasteiger partial charge in [0.15, 0.2) is 6.29 Å². The molecular weight excluding hydrogens is 178 g/mol. The molecule has 3 nitrogen and oxygen atoms in total. The van der Waals surface area contributed by atoms with Crippen LogP contribution in [0.15, 0.2) is 0 Å². The Labute approximate surface area is 86.0 Å². The molecule has 0 aromatic rings. The monoisotopic (exact) mass is 197 g/mol. The molecule has 1 fully saturated rings. The van der Waals surface area contributed by atoms with Crippen LogP contribution >= 0.6 is 0 Å². The third-order valence-electron chi connectivity index (χ3n) is 2.70. The number of hydrogen-bond donors (Lipinski definition) is 1. The van der Waals surface area contributed by atoms with Crippen LogP contribution in [-0.2, 0) is 4.74 Å². The fourth-order valence-electron chi connectivity index (χ4n) is 1.87. The minimum absolute atomic E-state index is 0.136. The van der Waals surface area contributed by atoms with Gasteiger partial charge < -0.3 is 14.7 Å². The predicted octanol–water partition coefficient (Wildman–Crippen LogP) is 0.827. The van der Waals surface area contributed by atoms with Crippen molar-refractivity contribution in [3.05, 3.63) is 0 Å². The second kappa shape index (κ2) is 5.35. The molecule has 14 heavy (non-hydrogen) atoms. The second-order valence-electron chi connectivity index (χ2n) is 3.96. The molecule has 0 aromatic carbocycles. The lowest BCUT2D eigenvalue weighted by Crippen LogP contribution is -2.43. The minimum Gasteiger partial charge on any atom is -0.368 e. The lowest BCUT2D eigenvalue weighted by molar-refractivity contribution is -0.173. The van der Waals surface area contributed by atoms with E-state index in [1.165, 1.54) is 0 Å². The molecule has 0 saturated carbocycles. The van der Waals surface area contributed by atoms with E-state index in [9.17, 15) is 5.11 Å². The topological polar surface area (TPSA) is 32.7 Å². The summed E-state index contributed by atoms with van der Waals surface area (Å²) in [5.41, 5.74) is 0. The van der Waals surface area contributed by atoms with E-state index in [2.05, 4.69) is 10.8 Å². The number of aliphatic hydroxyl groups is 1. The Bertz CT molecular complexity index is 202. The maximum atomic E-state index is 9.44. The third-order valence-corrected chi connectivity index (χ3v) is 2.70. The molecule has 0 bridgehead atoms. The molecule has 1 N–H and O–H groups in total. The first-order valence-corrected chi connectivity index (χ1v) is 5.10. The lowest BCUT2D eigenvalue weighted by Gasteiger charge is -2.36. The molecule has 1 aliphatic rings. The van der Waals surface area contributed by atoms with Gasteiger partial charge in [-0.1, -0.05) is 0 Å². The summed E-state index contributed by atoms with van der Waals surface area (Å²) >= 11 is 0. The van der Waals surface area contributed by atoms with E-state index < -0.39 is 6.29 Å². The fraction of sp³-hybridized carbons (Fsp3) is 0.818. The van der Waals surface area contributed by atoms with Gasteiger partial charge in [-0.15, -0.1) is 12.3 Å². The van der Waals surface area contributed by atoms with Crippen molar-refractivity contribution in [2.24, 2.45) is 0 Å². The van der Waals surface area contributed by atoms with E-state index >= 15 is 0 Å². The molecule has 0 spiro atoms. The molecule has 1 unspecified atom stereocenters. The number of hydrogen-bond acceptors (Lipinski definition) is 3. The molecule has 1 saturated heterocycles. The lowest BCUT2D eigenvalue weighted by atomic mass is 10.0. The number of aliphatic hydroxyl groups excluding tert-OH is 1. The zero-order chi connectivity index (χ0) is 10.6. The number of rotatable bonds is 3. The standard InChI is InChI=1S/C11H19NO2/c1-4-5-6-12(3)10-7-9(2)14-11(13)8-10/h1,9-11,13H,5-8H2,2-3H3/t9-,10+,11?/m1/s1. The van der Waals surface area contributed by atoms with Crippen LogP contribution in [-0.4, -0.2) is 42.0 Å². The maximum absolute atomic E-state index is 9.44. The Morgan fingerprint density at radius 1 is 1.57 bits per heavy atom. The summed E-state index contributed by atoms with van der Waals surface area (Å²) < 4.78 is 5.26. The van der Waals surface area contributed by atoms with Crippen LogP contribution < -0.4 is 0 Å². The molecule has 1 heterocycles. The van der Waals surface area contributed by atoms with Crippen LogP contribution in [0.4, 0.5) is 0 Å². The van der Waals surface area contributed by atoms with Crippen LogP contribution in [0.25, 0.3) is 0 Å². The summed E-state index contributed by atoms with van der Waals surface area (Å²) in [5.74, 6) is 2.62. The van der Waals surface area contributed by atoms with Crippen molar-refractivity contribution in [2.45, 2.75) is 44.6 Å². The van der Waals surface area contributed by atoms with E-state index in [4.69, 9.17) is 11.2 Å². The summed E-state index contributed by atoms with van der Waals surface area (Å²) in [6.07, 6.45) is 7.15. The van der Waals surface area contributed by atoms with Crippen molar-refractivity contribution in [3.63, 3.8) is 0 Å². The number of nitrogens with zero attached hydrogens (tertiary/aromatic N) is 1. The number of terminal acetylenes is 1. The van der Waals surface area contributed by atoms with Crippen molar-refractivity contribution < 1.29 is 9.84 Å². The molecule has 1 rings (SSSR count). The smallest absolute Gasteiger partial charge is 0.156 e. The van der Waals surface area contributed by atoms with Gasteiger partial charge >= 0.3 is 0 Å². The van der Waals surface area contributed by atoms with Crippen LogP contribution in [0, 0.1) is 12.3 Å². The van der Waals surface area contributed by atoms with Crippen LogP contribution in [0.5, 0.6) is 0 Å². The summed E-state index contributed by atoms with van der Waals surface area (Å²) in [6.45, 7) is 2.88. The Morgan fingerprint density at radius 2 is 2.29 bits per heavy atom. The van der Waals surface area contributed by atoms with E-state index in [0.29, 0.717) is 12.5 Å². The fourth-order valence-corrected chi connectivity index (χ4v) is 1.87. The summed E-state index contributed by atoms with van der Waals surface area (Å²) in [7, 11) is 2.05. The number of ether oxygens (including phenoxy) is 1. The van der Waals surface area contributed by atoms with Crippen LogP contribution in [0.3, 0.4) is 0 Å². The normalized spacial score (nSPS) is 32.9.